The molecule has 0 radical (unpaired) electrons. The van der Waals surface area contributed by atoms with Crippen LogP contribution in [0.15, 0.2) is 60.6 Å². The number of aromatic nitrogens is 4. The molecular weight excluding hydrogens is 417 g/mol. The van der Waals surface area contributed by atoms with Crippen LogP contribution < -0.4 is 5.56 Å². The Morgan fingerprint density at radius 1 is 1.19 bits per heavy atom. The molecule has 0 aliphatic rings. The van der Waals surface area contributed by atoms with E-state index < -0.39 is 11.9 Å². The summed E-state index contributed by atoms with van der Waals surface area (Å²) in [7, 11) is 1.20. The Hall–Kier alpha value is -3.86. The molecule has 164 valence electrons. The highest BCUT2D eigenvalue weighted by molar-refractivity contribution is 5.85. The summed E-state index contributed by atoms with van der Waals surface area (Å²) in [6.07, 6.45) is 1.12. The fourth-order valence-electron chi connectivity index (χ4n) is 3.34. The van der Waals surface area contributed by atoms with Crippen molar-refractivity contribution in [3.63, 3.8) is 0 Å². The Morgan fingerprint density at radius 2 is 1.88 bits per heavy atom. The predicted octanol–water partition coefficient (Wildman–Crippen LogP) is 4.88. The molecule has 0 amide bonds. The second-order valence-electron chi connectivity index (χ2n) is 7.27. The first-order valence-corrected chi connectivity index (χ1v) is 9.72. The SMILES string of the molecule is C=C/C=C(\C=C)n1c(C(C)C)nc2cccc(C#Cc3cnn(C)c3C(F)(F)F)c2c1=O. The normalized spacial score (nSPS) is 12.0. The van der Waals surface area contributed by atoms with Gasteiger partial charge in [-0.05, 0) is 24.3 Å². The number of alkyl halides is 3. The lowest BCUT2D eigenvalue weighted by Gasteiger charge is -2.17. The Kier molecular flexibility index (Phi) is 6.21. The molecule has 3 aromatic rings. The van der Waals surface area contributed by atoms with E-state index in [9.17, 15) is 18.0 Å². The first kappa shape index (κ1) is 22.8. The summed E-state index contributed by atoms with van der Waals surface area (Å²) in [6, 6.07) is 4.91. The van der Waals surface area contributed by atoms with Crippen LogP contribution in [0.5, 0.6) is 0 Å². The molecule has 5 nitrogen and oxygen atoms in total. The Bertz CT molecular complexity index is 1360. The summed E-state index contributed by atoms with van der Waals surface area (Å²) in [5, 5.41) is 3.87. The predicted molar refractivity (Wildman–Crippen MR) is 119 cm³/mol. The summed E-state index contributed by atoms with van der Waals surface area (Å²) in [5.74, 6) is 5.67. The molecule has 0 atom stereocenters. The zero-order valence-corrected chi connectivity index (χ0v) is 17.9. The van der Waals surface area contributed by atoms with Gasteiger partial charge in [0.25, 0.3) is 5.56 Å². The van der Waals surface area contributed by atoms with Gasteiger partial charge in [-0.1, -0.05) is 51.0 Å². The van der Waals surface area contributed by atoms with Crippen LogP contribution in [0.4, 0.5) is 13.2 Å². The van der Waals surface area contributed by atoms with E-state index in [-0.39, 0.29) is 28.0 Å². The number of halogens is 3. The molecule has 0 saturated carbocycles. The van der Waals surface area contributed by atoms with Gasteiger partial charge in [0.15, 0.2) is 5.69 Å². The summed E-state index contributed by atoms with van der Waals surface area (Å²) in [5.41, 5.74) is -0.460. The maximum atomic E-state index is 13.5. The zero-order valence-electron chi connectivity index (χ0n) is 17.9. The summed E-state index contributed by atoms with van der Waals surface area (Å²) >= 11 is 0. The third-order valence-electron chi connectivity index (χ3n) is 4.73. The van der Waals surface area contributed by atoms with Crippen LogP contribution in [0.2, 0.25) is 0 Å². The van der Waals surface area contributed by atoms with Crippen molar-refractivity contribution in [3.8, 4) is 11.8 Å². The van der Waals surface area contributed by atoms with E-state index in [2.05, 4.69) is 35.1 Å². The molecule has 8 heteroatoms. The van der Waals surface area contributed by atoms with Crippen molar-refractivity contribution in [2.75, 3.05) is 0 Å². The molecule has 0 fully saturated rings. The molecule has 0 aliphatic heterocycles. The average Bonchev–Trinajstić information content (AvgIpc) is 3.11. The van der Waals surface area contributed by atoms with Gasteiger partial charge < -0.3 is 0 Å². The van der Waals surface area contributed by atoms with E-state index in [1.165, 1.54) is 23.8 Å². The molecular formula is C24H21F3N4O. The number of nitrogens with zero attached hydrogens (tertiary/aromatic N) is 4. The third kappa shape index (κ3) is 4.14. The lowest BCUT2D eigenvalue weighted by molar-refractivity contribution is -0.143. The molecule has 0 saturated heterocycles. The van der Waals surface area contributed by atoms with Gasteiger partial charge in [-0.25, -0.2) is 4.98 Å². The average molecular weight is 438 g/mol. The molecule has 32 heavy (non-hydrogen) atoms. The Labute approximate surface area is 183 Å². The van der Waals surface area contributed by atoms with Crippen molar-refractivity contribution in [1.82, 2.24) is 19.3 Å². The highest BCUT2D eigenvalue weighted by Crippen LogP contribution is 2.31. The molecule has 3 rings (SSSR count). The van der Waals surface area contributed by atoms with Crippen LogP contribution in [-0.2, 0) is 13.2 Å². The van der Waals surface area contributed by atoms with Gasteiger partial charge >= 0.3 is 6.18 Å². The number of aryl methyl sites for hydroxylation is 1. The van der Waals surface area contributed by atoms with E-state index in [0.29, 0.717) is 17.0 Å². The molecule has 0 N–H and O–H groups in total. The minimum absolute atomic E-state index is 0.0836. The second-order valence-corrected chi connectivity index (χ2v) is 7.27. The van der Waals surface area contributed by atoms with Gasteiger partial charge in [-0.3, -0.25) is 14.0 Å². The van der Waals surface area contributed by atoms with Crippen LogP contribution in [0.3, 0.4) is 0 Å². The number of rotatable bonds is 4. The van der Waals surface area contributed by atoms with E-state index in [1.54, 1.807) is 24.3 Å². The van der Waals surface area contributed by atoms with E-state index in [4.69, 9.17) is 0 Å². The number of benzene rings is 1. The highest BCUT2D eigenvalue weighted by Gasteiger charge is 2.37. The number of fused-ring (bicyclic) bond motifs is 1. The van der Waals surface area contributed by atoms with Gasteiger partial charge in [0.05, 0.1) is 22.7 Å². The maximum Gasteiger partial charge on any atom is 0.434 e. The molecule has 0 spiro atoms. The van der Waals surface area contributed by atoms with Crippen LogP contribution in [0.25, 0.3) is 16.6 Å². The number of hydrogen-bond donors (Lipinski definition) is 0. The second kappa shape index (κ2) is 8.71. The lowest BCUT2D eigenvalue weighted by Crippen LogP contribution is -2.25. The fraction of sp³-hybridized carbons (Fsp3) is 0.208. The van der Waals surface area contributed by atoms with Crippen molar-refractivity contribution < 1.29 is 13.2 Å². The number of hydrogen-bond acceptors (Lipinski definition) is 3. The molecule has 0 unspecified atom stereocenters. The van der Waals surface area contributed by atoms with Crippen LogP contribution >= 0.6 is 0 Å². The van der Waals surface area contributed by atoms with Crippen molar-refractivity contribution in [2.45, 2.75) is 25.9 Å². The van der Waals surface area contributed by atoms with E-state index in [0.717, 1.165) is 10.9 Å². The maximum absolute atomic E-state index is 13.5. The highest BCUT2D eigenvalue weighted by atomic mass is 19.4. The molecule has 1 aromatic carbocycles. The van der Waals surface area contributed by atoms with Crippen LogP contribution in [0, 0.1) is 11.8 Å². The Balaban J connectivity index is 2.33. The minimum atomic E-state index is -4.61. The van der Waals surface area contributed by atoms with E-state index >= 15 is 0 Å². The first-order chi connectivity index (χ1) is 15.1. The van der Waals surface area contributed by atoms with Crippen molar-refractivity contribution >= 4 is 16.6 Å². The third-order valence-corrected chi connectivity index (χ3v) is 4.73. The molecule has 0 bridgehead atoms. The van der Waals surface area contributed by atoms with Gasteiger partial charge in [-0.15, -0.1) is 0 Å². The standard InChI is InChI=1S/C24H21F3N4O/c1-6-9-18(7-2)31-22(15(3)4)29-19-11-8-10-16(20(19)23(31)32)12-13-17-14-28-30(5)21(17)24(25,26)27/h6-11,14-15H,1-2H2,3-5H3/b18-9+. The van der Waals surface area contributed by atoms with Crippen molar-refractivity contribution in [3.05, 3.63) is 88.8 Å². The largest absolute Gasteiger partial charge is 0.434 e. The quantitative estimate of drug-likeness (QED) is 0.431. The smallest absolute Gasteiger partial charge is 0.268 e. The fourth-order valence-corrected chi connectivity index (χ4v) is 3.34. The van der Waals surface area contributed by atoms with E-state index in [1.807, 2.05) is 13.8 Å². The van der Waals surface area contributed by atoms with Gasteiger partial charge in [0, 0.05) is 24.2 Å². The zero-order chi connectivity index (χ0) is 23.6. The first-order valence-electron chi connectivity index (χ1n) is 9.72. The van der Waals surface area contributed by atoms with Gasteiger partial charge in [0.2, 0.25) is 0 Å². The van der Waals surface area contributed by atoms with Crippen molar-refractivity contribution in [2.24, 2.45) is 7.05 Å². The summed E-state index contributed by atoms with van der Waals surface area (Å²) in [4.78, 5) is 18.2. The molecule has 2 heterocycles. The van der Waals surface area contributed by atoms with Gasteiger partial charge in [0.1, 0.15) is 5.82 Å². The summed E-state index contributed by atoms with van der Waals surface area (Å²) in [6.45, 7) is 11.2. The lowest BCUT2D eigenvalue weighted by atomic mass is 10.1. The molecule has 0 aliphatic carbocycles. The molecule has 2 aromatic heterocycles. The Morgan fingerprint density at radius 3 is 2.47 bits per heavy atom. The van der Waals surface area contributed by atoms with Gasteiger partial charge in [-0.2, -0.15) is 18.3 Å². The minimum Gasteiger partial charge on any atom is -0.268 e. The van der Waals surface area contributed by atoms with Crippen molar-refractivity contribution in [1.29, 1.82) is 0 Å². The topological polar surface area (TPSA) is 52.7 Å². The summed E-state index contributed by atoms with van der Waals surface area (Å²) < 4.78 is 42.2. The monoisotopic (exact) mass is 438 g/mol. The van der Waals surface area contributed by atoms with Crippen LogP contribution in [-0.4, -0.2) is 19.3 Å². The number of allylic oxidation sites excluding steroid dienone is 4. The van der Waals surface area contributed by atoms with Crippen LogP contribution in [0.1, 0.15) is 42.4 Å².